The maximum absolute atomic E-state index is 12.4. The molecular weight excluding hydrogens is 332 g/mol. The summed E-state index contributed by atoms with van der Waals surface area (Å²) in [5.41, 5.74) is 1.24. The Labute approximate surface area is 151 Å². The van der Waals surface area contributed by atoms with Gasteiger partial charge < -0.3 is 14.8 Å². The van der Waals surface area contributed by atoms with Gasteiger partial charge in [0.1, 0.15) is 11.6 Å². The van der Waals surface area contributed by atoms with Crippen LogP contribution in [0.4, 0.5) is 5.69 Å². The van der Waals surface area contributed by atoms with Gasteiger partial charge in [-0.05, 0) is 42.8 Å². The number of para-hydroxylation sites is 1. The van der Waals surface area contributed by atoms with Gasteiger partial charge in [-0.1, -0.05) is 18.2 Å². The molecule has 0 atom stereocenters. The van der Waals surface area contributed by atoms with Crippen LogP contribution in [0.1, 0.15) is 22.8 Å². The number of nitriles is 1. The van der Waals surface area contributed by atoms with Crippen LogP contribution in [0.25, 0.3) is 6.08 Å². The Hall–Kier alpha value is -3.59. The Balaban J connectivity index is 2.31. The monoisotopic (exact) mass is 350 g/mol. The van der Waals surface area contributed by atoms with Crippen molar-refractivity contribution < 1.29 is 19.1 Å². The quantitative estimate of drug-likeness (QED) is 0.490. The summed E-state index contributed by atoms with van der Waals surface area (Å²) in [6.45, 7) is 1.41. The molecule has 0 spiro atoms. The van der Waals surface area contributed by atoms with Crippen LogP contribution in [0.2, 0.25) is 0 Å². The smallest absolute Gasteiger partial charge is 0.266 e. The van der Waals surface area contributed by atoms with Gasteiger partial charge in [0.25, 0.3) is 5.91 Å². The number of Topliss-reactive ketones (excluding diaryl/α,β-unsaturated/α-hetero) is 1. The van der Waals surface area contributed by atoms with Gasteiger partial charge in [0.15, 0.2) is 17.3 Å². The number of carbonyl (C=O) groups is 2. The van der Waals surface area contributed by atoms with E-state index in [1.165, 1.54) is 27.2 Å². The zero-order chi connectivity index (χ0) is 19.1. The second-order valence-corrected chi connectivity index (χ2v) is 5.34. The van der Waals surface area contributed by atoms with Crippen molar-refractivity contribution in [2.75, 3.05) is 19.5 Å². The second kappa shape index (κ2) is 8.49. The number of ketones is 1. The lowest BCUT2D eigenvalue weighted by Crippen LogP contribution is -2.15. The summed E-state index contributed by atoms with van der Waals surface area (Å²) in [6, 6.07) is 13.6. The summed E-state index contributed by atoms with van der Waals surface area (Å²) in [5, 5.41) is 11.9. The predicted octanol–water partition coefficient (Wildman–Crippen LogP) is 3.45. The molecule has 0 radical (unpaired) electrons. The van der Waals surface area contributed by atoms with Gasteiger partial charge in [-0.15, -0.1) is 0 Å². The maximum atomic E-state index is 12.4. The van der Waals surface area contributed by atoms with Crippen LogP contribution in [0.15, 0.2) is 48.0 Å². The van der Waals surface area contributed by atoms with E-state index >= 15 is 0 Å². The number of nitrogens with zero attached hydrogens (tertiary/aromatic N) is 1. The van der Waals surface area contributed by atoms with E-state index in [1.54, 1.807) is 42.5 Å². The Bertz CT molecular complexity index is 910. The summed E-state index contributed by atoms with van der Waals surface area (Å²) in [5.74, 6) is 0.253. The Morgan fingerprint density at radius 2 is 1.77 bits per heavy atom. The van der Waals surface area contributed by atoms with Crippen molar-refractivity contribution in [2.45, 2.75) is 6.92 Å². The first-order valence-electron chi connectivity index (χ1n) is 7.75. The number of rotatable bonds is 6. The van der Waals surface area contributed by atoms with Gasteiger partial charge >= 0.3 is 0 Å². The molecule has 2 aromatic rings. The minimum Gasteiger partial charge on any atom is -0.493 e. The van der Waals surface area contributed by atoms with E-state index in [1.807, 2.05) is 6.07 Å². The van der Waals surface area contributed by atoms with Crippen molar-refractivity contribution in [2.24, 2.45) is 0 Å². The van der Waals surface area contributed by atoms with E-state index in [2.05, 4.69) is 5.32 Å². The predicted molar refractivity (Wildman–Crippen MR) is 98.2 cm³/mol. The molecule has 0 unspecified atom stereocenters. The molecule has 6 nitrogen and oxygen atoms in total. The fourth-order valence-corrected chi connectivity index (χ4v) is 2.35. The Morgan fingerprint density at radius 1 is 1.08 bits per heavy atom. The first-order valence-corrected chi connectivity index (χ1v) is 7.75. The number of hydrogen-bond acceptors (Lipinski definition) is 5. The van der Waals surface area contributed by atoms with Crippen molar-refractivity contribution in [1.29, 1.82) is 5.26 Å². The molecule has 0 aromatic heterocycles. The lowest BCUT2D eigenvalue weighted by molar-refractivity contribution is -0.112. The average molecular weight is 350 g/mol. The highest BCUT2D eigenvalue weighted by molar-refractivity contribution is 6.12. The zero-order valence-electron chi connectivity index (χ0n) is 14.7. The van der Waals surface area contributed by atoms with Gasteiger partial charge in [0, 0.05) is 5.56 Å². The standard InChI is InChI=1S/C20H18N2O4/c1-13(23)16-6-4-5-7-17(16)22-20(24)15(12-21)10-14-8-9-18(25-2)19(11-14)26-3/h4-11H,1-3H3,(H,22,24)/b15-10-. The zero-order valence-corrected chi connectivity index (χ0v) is 14.7. The third-order valence-electron chi connectivity index (χ3n) is 3.64. The molecule has 2 rings (SSSR count). The number of carbonyl (C=O) groups excluding carboxylic acids is 2. The van der Waals surface area contributed by atoms with Crippen LogP contribution in [0.5, 0.6) is 11.5 Å². The van der Waals surface area contributed by atoms with Crippen molar-refractivity contribution >= 4 is 23.5 Å². The summed E-state index contributed by atoms with van der Waals surface area (Å²) in [7, 11) is 3.02. The van der Waals surface area contributed by atoms with Crippen LogP contribution in [0, 0.1) is 11.3 Å². The Kier molecular flexibility index (Phi) is 6.12. The van der Waals surface area contributed by atoms with Crippen LogP contribution in [-0.4, -0.2) is 25.9 Å². The topological polar surface area (TPSA) is 88.4 Å². The van der Waals surface area contributed by atoms with E-state index in [4.69, 9.17) is 9.47 Å². The molecule has 0 saturated carbocycles. The first-order chi connectivity index (χ1) is 12.5. The molecule has 0 heterocycles. The van der Waals surface area contributed by atoms with Crippen molar-refractivity contribution in [3.63, 3.8) is 0 Å². The SMILES string of the molecule is COc1ccc(/C=C(/C#N)C(=O)Nc2ccccc2C(C)=O)cc1OC. The van der Waals surface area contributed by atoms with Crippen LogP contribution in [0.3, 0.4) is 0 Å². The fraction of sp³-hybridized carbons (Fsp3) is 0.150. The number of hydrogen-bond donors (Lipinski definition) is 1. The lowest BCUT2D eigenvalue weighted by atomic mass is 10.1. The van der Waals surface area contributed by atoms with Crippen molar-refractivity contribution in [1.82, 2.24) is 0 Å². The van der Waals surface area contributed by atoms with Gasteiger partial charge in [0.2, 0.25) is 0 Å². The molecule has 0 fully saturated rings. The number of amides is 1. The van der Waals surface area contributed by atoms with Crippen LogP contribution < -0.4 is 14.8 Å². The van der Waals surface area contributed by atoms with Crippen molar-refractivity contribution in [3.8, 4) is 17.6 Å². The molecule has 6 heteroatoms. The minimum atomic E-state index is -0.601. The molecule has 2 aromatic carbocycles. The highest BCUT2D eigenvalue weighted by Crippen LogP contribution is 2.28. The molecule has 0 aliphatic rings. The van der Waals surface area contributed by atoms with Crippen LogP contribution >= 0.6 is 0 Å². The molecule has 132 valence electrons. The number of anilines is 1. The lowest BCUT2D eigenvalue weighted by Gasteiger charge is -2.09. The highest BCUT2D eigenvalue weighted by atomic mass is 16.5. The largest absolute Gasteiger partial charge is 0.493 e. The van der Waals surface area contributed by atoms with E-state index in [0.717, 1.165) is 0 Å². The van der Waals surface area contributed by atoms with Gasteiger partial charge in [-0.3, -0.25) is 9.59 Å². The molecular formula is C20H18N2O4. The minimum absolute atomic E-state index is 0.101. The normalized spacial score (nSPS) is 10.6. The fourth-order valence-electron chi connectivity index (χ4n) is 2.35. The van der Waals surface area contributed by atoms with E-state index < -0.39 is 5.91 Å². The van der Waals surface area contributed by atoms with Crippen LogP contribution in [-0.2, 0) is 4.79 Å². The molecule has 0 saturated heterocycles. The summed E-state index contributed by atoms with van der Waals surface area (Å²) < 4.78 is 10.4. The van der Waals surface area contributed by atoms with Crippen molar-refractivity contribution in [3.05, 3.63) is 59.2 Å². The maximum Gasteiger partial charge on any atom is 0.266 e. The third kappa shape index (κ3) is 4.28. The molecule has 26 heavy (non-hydrogen) atoms. The first kappa shape index (κ1) is 18.7. The van der Waals surface area contributed by atoms with E-state index in [0.29, 0.717) is 28.3 Å². The van der Waals surface area contributed by atoms with E-state index in [-0.39, 0.29) is 11.4 Å². The second-order valence-electron chi connectivity index (χ2n) is 5.34. The number of methoxy groups -OCH3 is 2. The molecule has 1 N–H and O–H groups in total. The Morgan fingerprint density at radius 3 is 2.38 bits per heavy atom. The number of nitrogens with one attached hydrogen (secondary N) is 1. The number of benzene rings is 2. The highest BCUT2D eigenvalue weighted by Gasteiger charge is 2.14. The summed E-state index contributed by atoms with van der Waals surface area (Å²) in [4.78, 5) is 24.1. The summed E-state index contributed by atoms with van der Waals surface area (Å²) >= 11 is 0. The van der Waals surface area contributed by atoms with Gasteiger partial charge in [-0.25, -0.2) is 0 Å². The van der Waals surface area contributed by atoms with E-state index in [9.17, 15) is 14.9 Å². The molecule has 0 aliphatic carbocycles. The van der Waals surface area contributed by atoms with Gasteiger partial charge in [-0.2, -0.15) is 5.26 Å². The third-order valence-corrected chi connectivity index (χ3v) is 3.64. The molecule has 0 aliphatic heterocycles. The van der Waals surface area contributed by atoms with Gasteiger partial charge in [0.05, 0.1) is 19.9 Å². The number of ether oxygens (including phenoxy) is 2. The molecule has 1 amide bonds. The summed E-state index contributed by atoms with van der Waals surface area (Å²) in [6.07, 6.45) is 1.44. The average Bonchev–Trinajstić information content (AvgIpc) is 2.65. The molecule has 0 bridgehead atoms.